The predicted octanol–water partition coefficient (Wildman–Crippen LogP) is 2.87. The molecule has 0 saturated heterocycles. The molecule has 8 heteroatoms. The highest BCUT2D eigenvalue weighted by molar-refractivity contribution is 8.76. The highest BCUT2D eigenvalue weighted by Crippen LogP contribution is 2.39. The molecule has 0 fully saturated rings. The molecule has 0 atom stereocenters. The Kier molecular flexibility index (Phi) is 4.04. The third-order valence-corrected chi connectivity index (χ3v) is 7.10. The van der Waals surface area contributed by atoms with Gasteiger partial charge in [0.25, 0.3) is 0 Å². The number of nitrogens with zero attached hydrogens (tertiary/aromatic N) is 4. The van der Waals surface area contributed by atoms with Crippen molar-refractivity contribution in [3.63, 3.8) is 0 Å². The lowest BCUT2D eigenvalue weighted by molar-refractivity contribution is 0.795. The first-order chi connectivity index (χ1) is 12.4. The van der Waals surface area contributed by atoms with E-state index in [4.69, 9.17) is 0 Å². The van der Waals surface area contributed by atoms with E-state index in [2.05, 4.69) is 0 Å². The Balaban J connectivity index is 1.65. The Morgan fingerprint density at radius 2 is 0.923 bits per heavy atom. The topological polar surface area (TPSA) is 53.9 Å². The zero-order valence-electron chi connectivity index (χ0n) is 14.9. The van der Waals surface area contributed by atoms with E-state index in [1.165, 1.54) is 0 Å². The van der Waals surface area contributed by atoms with Crippen LogP contribution in [0.4, 0.5) is 0 Å². The maximum absolute atomic E-state index is 12.0. The van der Waals surface area contributed by atoms with Gasteiger partial charge in [-0.25, -0.2) is 9.59 Å². The Bertz CT molecular complexity index is 1180. The summed E-state index contributed by atoms with van der Waals surface area (Å²) in [5.74, 6) is 0. The fourth-order valence-corrected chi connectivity index (χ4v) is 5.13. The Morgan fingerprint density at radius 1 is 0.577 bits per heavy atom. The molecule has 2 aromatic carbocycles. The highest BCUT2D eigenvalue weighted by Gasteiger charge is 2.10. The number of hydrogen-bond donors (Lipinski definition) is 0. The molecule has 0 radical (unpaired) electrons. The molecule has 0 bridgehead atoms. The molecule has 2 heterocycles. The number of aryl methyl sites for hydroxylation is 4. The van der Waals surface area contributed by atoms with Gasteiger partial charge in [-0.15, -0.1) is 0 Å². The second-order valence-corrected chi connectivity index (χ2v) is 8.55. The summed E-state index contributed by atoms with van der Waals surface area (Å²) in [6, 6.07) is 12.1. The van der Waals surface area contributed by atoms with Crippen LogP contribution in [0.3, 0.4) is 0 Å². The summed E-state index contributed by atoms with van der Waals surface area (Å²) in [7, 11) is 10.4. The van der Waals surface area contributed by atoms with Crippen molar-refractivity contribution in [2.45, 2.75) is 9.79 Å². The number of hydrogen-bond acceptors (Lipinski definition) is 4. The van der Waals surface area contributed by atoms with Crippen LogP contribution in [0.1, 0.15) is 0 Å². The Labute approximate surface area is 157 Å². The van der Waals surface area contributed by atoms with Crippen LogP contribution in [0.25, 0.3) is 22.1 Å². The molecule has 0 spiro atoms. The lowest BCUT2D eigenvalue weighted by atomic mass is 10.3. The second kappa shape index (κ2) is 6.14. The molecule has 4 rings (SSSR count). The minimum absolute atomic E-state index is 0.0229. The van der Waals surface area contributed by atoms with E-state index in [-0.39, 0.29) is 11.4 Å². The minimum Gasteiger partial charge on any atom is -0.295 e. The van der Waals surface area contributed by atoms with Crippen LogP contribution in [-0.2, 0) is 28.2 Å². The monoisotopic (exact) mass is 386 g/mol. The Morgan fingerprint density at radius 3 is 1.31 bits per heavy atom. The number of imidazole rings is 2. The van der Waals surface area contributed by atoms with Gasteiger partial charge in [0.1, 0.15) is 0 Å². The van der Waals surface area contributed by atoms with Gasteiger partial charge in [-0.05, 0) is 36.4 Å². The minimum atomic E-state index is -0.0229. The van der Waals surface area contributed by atoms with E-state index in [1.54, 1.807) is 68.0 Å². The van der Waals surface area contributed by atoms with Crippen molar-refractivity contribution in [2.75, 3.05) is 0 Å². The van der Waals surface area contributed by atoms with Crippen LogP contribution in [0.5, 0.6) is 0 Å². The van der Waals surface area contributed by atoms with Gasteiger partial charge in [0.05, 0.1) is 22.1 Å². The van der Waals surface area contributed by atoms with Crippen molar-refractivity contribution in [3.05, 3.63) is 57.4 Å². The molecule has 0 aliphatic heterocycles. The average Bonchev–Trinajstić information content (AvgIpc) is 3.00. The second-order valence-electron chi connectivity index (χ2n) is 6.27. The molecule has 4 aromatic rings. The molecule has 6 nitrogen and oxygen atoms in total. The molecule has 26 heavy (non-hydrogen) atoms. The zero-order valence-corrected chi connectivity index (χ0v) is 16.5. The first-order valence-corrected chi connectivity index (χ1v) is 10.2. The molecule has 2 aromatic heterocycles. The van der Waals surface area contributed by atoms with Gasteiger partial charge in [-0.1, -0.05) is 21.6 Å². The van der Waals surface area contributed by atoms with E-state index in [0.29, 0.717) is 0 Å². The van der Waals surface area contributed by atoms with Gasteiger partial charge in [0.15, 0.2) is 0 Å². The van der Waals surface area contributed by atoms with Crippen molar-refractivity contribution in [3.8, 4) is 0 Å². The molecule has 0 saturated carbocycles. The van der Waals surface area contributed by atoms with Crippen LogP contribution >= 0.6 is 21.6 Å². The normalized spacial score (nSPS) is 11.7. The molecule has 0 aliphatic rings. The van der Waals surface area contributed by atoms with Crippen LogP contribution in [0.15, 0.2) is 55.8 Å². The van der Waals surface area contributed by atoms with Crippen LogP contribution in [0, 0.1) is 0 Å². The molecule has 0 aliphatic carbocycles. The van der Waals surface area contributed by atoms with E-state index in [9.17, 15) is 9.59 Å². The molecule has 0 unspecified atom stereocenters. The SMILES string of the molecule is Cn1c(=O)n(C)c2cc(SSc3ccc4c(c3)n(C)c(=O)n4C)ccc21. The summed E-state index contributed by atoms with van der Waals surface area (Å²) in [5, 5.41) is 0. The standard InChI is InChI=1S/C18H18N4O2S2/c1-19-13-7-5-11(9-15(13)21(3)17(19)23)25-26-12-6-8-14-16(10-12)22(4)18(24)20(14)2/h5-10H,1-4H3. The third kappa shape index (κ3) is 2.52. The first-order valence-electron chi connectivity index (χ1n) is 8.04. The van der Waals surface area contributed by atoms with Gasteiger partial charge >= 0.3 is 11.4 Å². The summed E-state index contributed by atoms with van der Waals surface area (Å²) in [5.41, 5.74) is 3.64. The van der Waals surface area contributed by atoms with Gasteiger partial charge < -0.3 is 0 Å². The van der Waals surface area contributed by atoms with Crippen LogP contribution in [0.2, 0.25) is 0 Å². The summed E-state index contributed by atoms with van der Waals surface area (Å²) in [6.07, 6.45) is 0. The van der Waals surface area contributed by atoms with Crippen molar-refractivity contribution in [1.29, 1.82) is 0 Å². The van der Waals surface area contributed by atoms with Crippen molar-refractivity contribution < 1.29 is 0 Å². The fourth-order valence-electron chi connectivity index (χ4n) is 3.17. The predicted molar refractivity (Wildman–Crippen MR) is 108 cm³/mol. The lowest BCUT2D eigenvalue weighted by Gasteiger charge is -2.04. The van der Waals surface area contributed by atoms with Gasteiger partial charge in [-0.2, -0.15) is 0 Å². The Hall–Kier alpha value is -2.32. The molecule has 0 N–H and O–H groups in total. The largest absolute Gasteiger partial charge is 0.328 e. The van der Waals surface area contributed by atoms with E-state index < -0.39 is 0 Å². The highest BCUT2D eigenvalue weighted by atomic mass is 33.1. The maximum atomic E-state index is 12.0. The summed E-state index contributed by atoms with van der Waals surface area (Å²) in [6.45, 7) is 0. The molecule has 134 valence electrons. The van der Waals surface area contributed by atoms with Gasteiger partial charge in [0.2, 0.25) is 0 Å². The number of fused-ring (bicyclic) bond motifs is 2. The summed E-state index contributed by atoms with van der Waals surface area (Å²) >= 11 is 0. The number of benzene rings is 2. The van der Waals surface area contributed by atoms with Crippen LogP contribution < -0.4 is 11.4 Å². The van der Waals surface area contributed by atoms with Crippen molar-refractivity contribution in [2.24, 2.45) is 28.2 Å². The van der Waals surface area contributed by atoms with Crippen molar-refractivity contribution in [1.82, 2.24) is 18.3 Å². The van der Waals surface area contributed by atoms with E-state index >= 15 is 0 Å². The maximum Gasteiger partial charge on any atom is 0.328 e. The third-order valence-electron chi connectivity index (χ3n) is 4.72. The van der Waals surface area contributed by atoms with E-state index in [1.807, 2.05) is 36.4 Å². The number of aromatic nitrogens is 4. The zero-order chi connectivity index (χ0) is 18.6. The fraction of sp³-hybridized carbons (Fsp3) is 0.222. The first kappa shape index (κ1) is 17.1. The molecular formula is C18H18N4O2S2. The lowest BCUT2D eigenvalue weighted by Crippen LogP contribution is -2.19. The average molecular weight is 387 g/mol. The molecular weight excluding hydrogens is 368 g/mol. The van der Waals surface area contributed by atoms with Crippen molar-refractivity contribution >= 4 is 43.7 Å². The summed E-state index contributed by atoms with van der Waals surface area (Å²) in [4.78, 5) is 26.2. The quantitative estimate of drug-likeness (QED) is 0.508. The number of rotatable bonds is 3. The van der Waals surface area contributed by atoms with Gasteiger partial charge in [0, 0.05) is 38.0 Å². The smallest absolute Gasteiger partial charge is 0.295 e. The summed E-state index contributed by atoms with van der Waals surface area (Å²) < 4.78 is 6.63. The van der Waals surface area contributed by atoms with E-state index in [0.717, 1.165) is 31.9 Å². The molecule has 0 amide bonds. The van der Waals surface area contributed by atoms with Gasteiger partial charge in [-0.3, -0.25) is 18.3 Å². The van der Waals surface area contributed by atoms with Crippen LogP contribution in [-0.4, -0.2) is 18.3 Å².